The van der Waals surface area contributed by atoms with E-state index in [1.165, 1.54) is 48.6 Å². The van der Waals surface area contributed by atoms with Crippen LogP contribution < -0.4 is 0 Å². The Hall–Kier alpha value is -6.06. The molecule has 0 fully saturated rings. The van der Waals surface area contributed by atoms with Gasteiger partial charge >= 0.3 is 24.3 Å². The smallest absolute Gasteiger partial charge is 0.432 e. The maximum absolute atomic E-state index is 14.1. The number of ketones is 2. The highest BCUT2D eigenvalue weighted by atomic mass is 19.4. The number of Topliss-reactive ketones (excluding diaryl/α,β-unsaturated/α-hetero) is 2. The fourth-order valence-corrected chi connectivity index (χ4v) is 6.20. The van der Waals surface area contributed by atoms with Crippen LogP contribution in [0.2, 0.25) is 0 Å². The molecule has 0 aliphatic carbocycles. The number of alkyl halides is 6. The van der Waals surface area contributed by atoms with Crippen LogP contribution in [0.5, 0.6) is 0 Å². The first-order valence-electron chi connectivity index (χ1n) is 20.6. The van der Waals surface area contributed by atoms with Crippen molar-refractivity contribution in [1.82, 2.24) is 0 Å². The standard InChI is InChI=1S/C50H52F6O8/c1-5-43(63-45(59)47(61-3,49(51,52)53)39-29-21-19-22-30-39)35-27-17-13-9-7-11-15-25-33-41(57)37-38-42(58)34-26-16-12-8-10-14-18-28-36-44(6-2)64-46(60)48(62-4,50(54,55)56)40-31-23-20-24-32-40/h1-2,19-24,27-32,35-36,43-44H,7-18,37-38H2,3-4H3/b35-27+,36-28+/t43-,44-,47+,48+/m1/s1. The Bertz CT molecular complexity index is 1920. The number of carbonyl (C=O) groups excluding carboxylic acids is 4. The molecule has 0 amide bonds. The van der Waals surface area contributed by atoms with E-state index in [0.29, 0.717) is 25.7 Å². The van der Waals surface area contributed by atoms with Gasteiger partial charge in [0.15, 0.2) is 12.2 Å². The first-order valence-corrected chi connectivity index (χ1v) is 20.6. The van der Waals surface area contributed by atoms with Crippen molar-refractivity contribution < 1.29 is 64.5 Å². The van der Waals surface area contributed by atoms with Crippen molar-refractivity contribution >= 4 is 23.5 Å². The van der Waals surface area contributed by atoms with Gasteiger partial charge in [-0.25, -0.2) is 9.59 Å². The van der Waals surface area contributed by atoms with Crippen LogP contribution in [0.4, 0.5) is 26.3 Å². The summed E-state index contributed by atoms with van der Waals surface area (Å²) in [6.45, 7) is 0. The maximum atomic E-state index is 14.1. The first-order chi connectivity index (χ1) is 30.5. The maximum Gasteiger partial charge on any atom is 0.432 e. The average molecular weight is 895 g/mol. The number of hydrogen-bond donors (Lipinski definition) is 0. The number of halogens is 6. The molecule has 342 valence electrons. The number of terminal acetylenes is 2. The Labute approximate surface area is 371 Å². The highest BCUT2D eigenvalue weighted by Gasteiger charge is 2.65. The number of rotatable bonds is 25. The summed E-state index contributed by atoms with van der Waals surface area (Å²) in [5.41, 5.74) is -7.55. The molecule has 14 heteroatoms. The second kappa shape index (κ2) is 27.9. The number of ether oxygens (including phenoxy) is 4. The van der Waals surface area contributed by atoms with E-state index in [4.69, 9.17) is 31.8 Å². The predicted octanol–water partition coefficient (Wildman–Crippen LogP) is 10.0. The highest BCUT2D eigenvalue weighted by Crippen LogP contribution is 2.44. The van der Waals surface area contributed by atoms with E-state index in [0.717, 1.165) is 89.9 Å². The molecule has 2 rings (SSSR count). The molecule has 2 aromatic carbocycles. The van der Waals surface area contributed by atoms with Gasteiger partial charge in [-0.05, 0) is 62.5 Å². The van der Waals surface area contributed by atoms with Gasteiger partial charge in [-0.2, -0.15) is 26.3 Å². The molecule has 0 saturated carbocycles. The zero-order chi connectivity index (χ0) is 47.5. The van der Waals surface area contributed by atoms with Crippen molar-refractivity contribution in [1.29, 1.82) is 0 Å². The molecule has 0 aliphatic rings. The van der Waals surface area contributed by atoms with Gasteiger partial charge in [0.05, 0.1) is 0 Å². The topological polar surface area (TPSA) is 105 Å². The molecule has 0 radical (unpaired) electrons. The molecule has 0 aliphatic heterocycles. The molecule has 0 saturated heterocycles. The molecule has 0 heterocycles. The van der Waals surface area contributed by atoms with E-state index in [1.807, 2.05) is 0 Å². The highest BCUT2D eigenvalue weighted by molar-refractivity contribution is 6.01. The van der Waals surface area contributed by atoms with Crippen molar-refractivity contribution in [3.05, 3.63) is 96.1 Å². The summed E-state index contributed by atoms with van der Waals surface area (Å²) < 4.78 is 104. The quantitative estimate of drug-likeness (QED) is 0.0242. The van der Waals surface area contributed by atoms with E-state index in [2.05, 4.69) is 35.5 Å². The van der Waals surface area contributed by atoms with E-state index in [9.17, 15) is 45.5 Å². The second-order valence-corrected chi connectivity index (χ2v) is 14.2. The van der Waals surface area contributed by atoms with Gasteiger partial charge in [0.1, 0.15) is 0 Å². The van der Waals surface area contributed by atoms with Gasteiger partial charge < -0.3 is 18.9 Å². The number of allylic oxidation sites excluding steroid dienone is 2. The largest absolute Gasteiger partial charge is 0.442 e. The van der Waals surface area contributed by atoms with Gasteiger partial charge in [-0.1, -0.05) is 122 Å². The summed E-state index contributed by atoms with van der Waals surface area (Å²) in [4.78, 5) is 49.8. The summed E-state index contributed by atoms with van der Waals surface area (Å²) in [7, 11) is 1.55. The molecule has 0 aromatic heterocycles. The predicted molar refractivity (Wildman–Crippen MR) is 228 cm³/mol. The van der Waals surface area contributed by atoms with E-state index >= 15 is 0 Å². The summed E-state index contributed by atoms with van der Waals surface area (Å²) in [5.74, 6) is 11.0. The molecule has 2 aromatic rings. The number of unbranched alkanes of at least 4 members (excludes halogenated alkanes) is 10. The van der Waals surface area contributed by atoms with Crippen molar-refractivity contribution in [3.8, 4) is 48.4 Å². The molecular formula is C50H52F6O8. The van der Waals surface area contributed by atoms with Crippen molar-refractivity contribution in [3.63, 3.8) is 0 Å². The fourth-order valence-electron chi connectivity index (χ4n) is 6.20. The molecule has 64 heavy (non-hydrogen) atoms. The van der Waals surface area contributed by atoms with Crippen LogP contribution in [0.25, 0.3) is 0 Å². The minimum Gasteiger partial charge on any atom is -0.442 e. The van der Waals surface area contributed by atoms with Gasteiger partial charge in [0.25, 0.3) is 11.2 Å². The van der Waals surface area contributed by atoms with Crippen molar-refractivity contribution in [2.24, 2.45) is 0 Å². The van der Waals surface area contributed by atoms with Gasteiger partial charge in [0.2, 0.25) is 11.6 Å². The van der Waals surface area contributed by atoms with E-state index < -0.39 is 58.8 Å². The van der Waals surface area contributed by atoms with Crippen LogP contribution in [-0.4, -0.2) is 62.3 Å². The Balaban J connectivity index is 1.60. The molecule has 0 unspecified atom stereocenters. The SMILES string of the molecule is C#C[C@H](/C=C/CCCCCCC#CC(=O)CCC(=O)C#CCCCCCC/C=C/[C@@H](C#C)OC(=O)[C@@](OC)(c1ccccc1)C(F)(F)F)OC(=O)[C@@](OC)(c1ccccc1)C(F)(F)F. The summed E-state index contributed by atoms with van der Waals surface area (Å²) in [5, 5.41) is 0. The summed E-state index contributed by atoms with van der Waals surface area (Å²) >= 11 is 0. The molecule has 0 N–H and O–H groups in total. The van der Waals surface area contributed by atoms with Crippen molar-refractivity contribution in [2.45, 2.75) is 126 Å². The van der Waals surface area contributed by atoms with Crippen molar-refractivity contribution in [2.75, 3.05) is 14.2 Å². The number of carbonyl (C=O) groups is 4. The normalized spacial score (nSPS) is 14.3. The number of hydrogen-bond acceptors (Lipinski definition) is 8. The molecular weight excluding hydrogens is 843 g/mol. The molecule has 0 bridgehead atoms. The lowest BCUT2D eigenvalue weighted by molar-refractivity contribution is -0.277. The Kier molecular flexibility index (Phi) is 23.6. The van der Waals surface area contributed by atoms with Crippen LogP contribution in [0, 0.1) is 48.4 Å². The Morgan fingerprint density at radius 1 is 0.562 bits per heavy atom. The summed E-state index contributed by atoms with van der Waals surface area (Å²) in [6, 6.07) is 12.9. The van der Waals surface area contributed by atoms with E-state index in [-0.39, 0.29) is 24.4 Å². The van der Waals surface area contributed by atoms with Gasteiger partial charge in [0, 0.05) is 51.0 Å². The zero-order valence-corrected chi connectivity index (χ0v) is 35.8. The summed E-state index contributed by atoms with van der Waals surface area (Å²) in [6.07, 6.45) is 12.0. The lowest BCUT2D eigenvalue weighted by atomic mass is 9.92. The lowest BCUT2D eigenvalue weighted by Crippen LogP contribution is -2.52. The lowest BCUT2D eigenvalue weighted by Gasteiger charge is -2.32. The van der Waals surface area contributed by atoms with Crippen LogP contribution in [0.1, 0.15) is 101 Å². The molecule has 4 atom stereocenters. The number of esters is 2. The minimum absolute atomic E-state index is 0.0361. The third-order valence-corrected chi connectivity index (χ3v) is 9.64. The Morgan fingerprint density at radius 3 is 1.22 bits per heavy atom. The van der Waals surface area contributed by atoms with Crippen LogP contribution in [0.15, 0.2) is 85.0 Å². The first kappa shape index (κ1) is 54.1. The monoisotopic (exact) mass is 894 g/mol. The number of methoxy groups -OCH3 is 2. The number of benzene rings is 2. The average Bonchev–Trinajstić information content (AvgIpc) is 3.26. The second-order valence-electron chi connectivity index (χ2n) is 14.2. The fraction of sp³-hybridized carbons (Fsp3) is 0.440. The Morgan fingerprint density at radius 2 is 0.906 bits per heavy atom. The van der Waals surface area contributed by atoms with Crippen LogP contribution >= 0.6 is 0 Å². The van der Waals surface area contributed by atoms with Gasteiger partial charge in [-0.15, -0.1) is 12.8 Å². The van der Waals surface area contributed by atoms with Crippen LogP contribution in [-0.2, 0) is 49.3 Å². The minimum atomic E-state index is -5.12. The third kappa shape index (κ3) is 16.6. The third-order valence-electron chi connectivity index (χ3n) is 9.64. The zero-order valence-electron chi connectivity index (χ0n) is 35.8. The molecule has 8 nitrogen and oxygen atoms in total. The van der Waals surface area contributed by atoms with E-state index in [1.54, 1.807) is 12.2 Å². The van der Waals surface area contributed by atoms with Crippen LogP contribution in [0.3, 0.4) is 0 Å². The van der Waals surface area contributed by atoms with Gasteiger partial charge in [-0.3, -0.25) is 9.59 Å². The molecule has 0 spiro atoms.